The first-order valence-corrected chi connectivity index (χ1v) is 13.3. The van der Waals surface area contributed by atoms with Gasteiger partial charge >= 0.3 is 6.03 Å². The summed E-state index contributed by atoms with van der Waals surface area (Å²) < 4.78 is 2.15. The summed E-state index contributed by atoms with van der Waals surface area (Å²) in [6, 6.07) is 23.3. The Morgan fingerprint density at radius 1 is 0.846 bits per heavy atom. The molecule has 0 atom stereocenters. The number of fused-ring (bicyclic) bond motifs is 2. The molecule has 1 aliphatic heterocycles. The van der Waals surface area contributed by atoms with Crippen LogP contribution >= 0.6 is 0 Å². The average Bonchev–Trinajstić information content (AvgIpc) is 3.27. The highest BCUT2D eigenvalue weighted by molar-refractivity contribution is 6.00. The lowest BCUT2D eigenvalue weighted by Crippen LogP contribution is -2.47. The molecule has 5 aromatic rings. The van der Waals surface area contributed by atoms with E-state index in [1.807, 2.05) is 55.5 Å². The van der Waals surface area contributed by atoms with Crippen molar-refractivity contribution in [1.29, 1.82) is 0 Å². The largest absolute Gasteiger partial charge is 0.352 e. The van der Waals surface area contributed by atoms with Gasteiger partial charge in [-0.15, -0.1) is 5.10 Å². The second-order valence-corrected chi connectivity index (χ2v) is 9.97. The van der Waals surface area contributed by atoms with Crippen LogP contribution in [0.3, 0.4) is 0 Å². The summed E-state index contributed by atoms with van der Waals surface area (Å²) in [5.74, 6) is 2.02. The molecule has 2 N–H and O–H groups in total. The van der Waals surface area contributed by atoms with Crippen LogP contribution in [-0.4, -0.2) is 63.4 Å². The van der Waals surface area contributed by atoms with Crippen molar-refractivity contribution in [3.8, 4) is 0 Å². The fourth-order valence-corrected chi connectivity index (χ4v) is 5.26. The Morgan fingerprint density at radius 2 is 1.56 bits per heavy atom. The standard InChI is InChI=1S/C30H32N8O/c1-21-24-10-6-7-11-25(24)29(35-34-21)38-18-16-37(17-19-38)15-14-28-33-26-20-23(12-13-27(26)36(28)2)32-30(39)31-22-8-4-3-5-9-22/h3-13,20H,14-19H2,1-2H3,(H2,31,32,39). The van der Waals surface area contributed by atoms with Crippen LogP contribution in [0.5, 0.6) is 0 Å². The van der Waals surface area contributed by atoms with Crippen molar-refractivity contribution in [2.75, 3.05) is 48.3 Å². The summed E-state index contributed by atoms with van der Waals surface area (Å²) in [5, 5.41) is 17.0. The second-order valence-electron chi connectivity index (χ2n) is 9.97. The lowest BCUT2D eigenvalue weighted by Gasteiger charge is -2.35. The van der Waals surface area contributed by atoms with Gasteiger partial charge in [-0.25, -0.2) is 9.78 Å². The van der Waals surface area contributed by atoms with Crippen LogP contribution in [0.1, 0.15) is 11.5 Å². The maximum Gasteiger partial charge on any atom is 0.323 e. The lowest BCUT2D eigenvalue weighted by atomic mass is 10.1. The minimum Gasteiger partial charge on any atom is -0.352 e. The number of benzene rings is 3. The van der Waals surface area contributed by atoms with Crippen molar-refractivity contribution in [1.82, 2.24) is 24.6 Å². The van der Waals surface area contributed by atoms with Crippen LogP contribution in [0.4, 0.5) is 22.0 Å². The third-order valence-electron chi connectivity index (χ3n) is 7.44. The van der Waals surface area contributed by atoms with Crippen molar-refractivity contribution in [3.63, 3.8) is 0 Å². The number of aromatic nitrogens is 4. The van der Waals surface area contributed by atoms with Gasteiger partial charge in [0, 0.05) is 68.3 Å². The van der Waals surface area contributed by atoms with E-state index in [0.29, 0.717) is 5.69 Å². The number of hydrogen-bond acceptors (Lipinski definition) is 6. The summed E-state index contributed by atoms with van der Waals surface area (Å²) >= 11 is 0. The molecule has 9 heteroatoms. The zero-order chi connectivity index (χ0) is 26.8. The van der Waals surface area contributed by atoms with Crippen molar-refractivity contribution < 1.29 is 4.79 Å². The zero-order valence-electron chi connectivity index (χ0n) is 22.3. The lowest BCUT2D eigenvalue weighted by molar-refractivity contribution is 0.258. The topological polar surface area (TPSA) is 91.2 Å². The molecule has 1 fully saturated rings. The summed E-state index contributed by atoms with van der Waals surface area (Å²) in [5.41, 5.74) is 4.35. The van der Waals surface area contributed by atoms with E-state index in [0.717, 1.165) is 73.2 Å². The number of nitrogens with one attached hydrogen (secondary N) is 2. The molecule has 0 unspecified atom stereocenters. The smallest absolute Gasteiger partial charge is 0.323 e. The first-order chi connectivity index (χ1) is 19.0. The highest BCUT2D eigenvalue weighted by Gasteiger charge is 2.21. The van der Waals surface area contributed by atoms with E-state index in [-0.39, 0.29) is 6.03 Å². The number of aryl methyl sites for hydroxylation is 2. The Bertz CT molecular complexity index is 1620. The van der Waals surface area contributed by atoms with Crippen LogP contribution in [0.25, 0.3) is 21.8 Å². The number of urea groups is 1. The van der Waals surface area contributed by atoms with E-state index >= 15 is 0 Å². The molecule has 3 heterocycles. The van der Waals surface area contributed by atoms with Gasteiger partial charge in [-0.3, -0.25) is 4.90 Å². The Morgan fingerprint density at radius 3 is 2.36 bits per heavy atom. The third kappa shape index (κ3) is 5.26. The molecule has 0 saturated carbocycles. The molecule has 3 aromatic carbocycles. The predicted octanol–water partition coefficient (Wildman–Crippen LogP) is 4.83. The van der Waals surface area contributed by atoms with Gasteiger partial charge in [-0.1, -0.05) is 42.5 Å². The molecule has 6 rings (SSSR count). The first kappa shape index (κ1) is 24.8. The highest BCUT2D eigenvalue weighted by atomic mass is 16.2. The van der Waals surface area contributed by atoms with Gasteiger partial charge < -0.3 is 20.1 Å². The minimum absolute atomic E-state index is 0.277. The van der Waals surface area contributed by atoms with E-state index in [1.165, 1.54) is 10.8 Å². The molecule has 2 aromatic heterocycles. The number of carbonyl (C=O) groups excluding carboxylic acids is 1. The Hall–Kier alpha value is -4.50. The Labute approximate surface area is 227 Å². The summed E-state index contributed by atoms with van der Waals surface area (Å²) in [4.78, 5) is 22.1. The number of para-hydroxylation sites is 1. The maximum atomic E-state index is 12.4. The van der Waals surface area contributed by atoms with Crippen LogP contribution in [0, 0.1) is 6.92 Å². The van der Waals surface area contributed by atoms with Gasteiger partial charge in [0.05, 0.1) is 16.7 Å². The van der Waals surface area contributed by atoms with Gasteiger partial charge in [-0.05, 0) is 37.3 Å². The summed E-state index contributed by atoms with van der Waals surface area (Å²) in [7, 11) is 2.05. The first-order valence-electron chi connectivity index (χ1n) is 13.3. The molecule has 1 aliphatic rings. The van der Waals surface area contributed by atoms with Crippen LogP contribution in [0.2, 0.25) is 0 Å². The molecule has 1 saturated heterocycles. The van der Waals surface area contributed by atoms with E-state index in [4.69, 9.17) is 4.98 Å². The molecule has 198 valence electrons. The van der Waals surface area contributed by atoms with Gasteiger partial charge in [-0.2, -0.15) is 5.10 Å². The molecule has 0 radical (unpaired) electrons. The minimum atomic E-state index is -0.277. The molecule has 0 spiro atoms. The maximum absolute atomic E-state index is 12.4. The zero-order valence-corrected chi connectivity index (χ0v) is 22.3. The molecular formula is C30H32N8O. The number of anilines is 3. The summed E-state index contributed by atoms with van der Waals surface area (Å²) in [6.45, 7) is 6.74. The van der Waals surface area contributed by atoms with Crippen LogP contribution in [-0.2, 0) is 13.5 Å². The van der Waals surface area contributed by atoms with Crippen molar-refractivity contribution in [2.45, 2.75) is 13.3 Å². The number of carbonyl (C=O) groups is 1. The van der Waals surface area contributed by atoms with Gasteiger partial charge in [0.15, 0.2) is 5.82 Å². The molecule has 39 heavy (non-hydrogen) atoms. The molecule has 2 amide bonds. The van der Waals surface area contributed by atoms with Crippen LogP contribution < -0.4 is 15.5 Å². The van der Waals surface area contributed by atoms with Gasteiger partial charge in [0.1, 0.15) is 5.82 Å². The van der Waals surface area contributed by atoms with E-state index < -0.39 is 0 Å². The number of piperazine rings is 1. The van der Waals surface area contributed by atoms with E-state index in [1.54, 1.807) is 0 Å². The number of rotatable bonds is 6. The molecular weight excluding hydrogens is 488 g/mol. The van der Waals surface area contributed by atoms with Crippen molar-refractivity contribution >= 4 is 45.0 Å². The van der Waals surface area contributed by atoms with Crippen LogP contribution in [0.15, 0.2) is 72.8 Å². The van der Waals surface area contributed by atoms with Gasteiger partial charge in [0.2, 0.25) is 0 Å². The predicted molar refractivity (Wildman–Crippen MR) is 156 cm³/mol. The quantitative estimate of drug-likeness (QED) is 0.333. The second kappa shape index (κ2) is 10.7. The fourth-order valence-electron chi connectivity index (χ4n) is 5.26. The van der Waals surface area contributed by atoms with Crippen molar-refractivity contribution in [3.05, 3.63) is 84.3 Å². The monoisotopic (exact) mass is 520 g/mol. The summed E-state index contributed by atoms with van der Waals surface area (Å²) in [6.07, 6.45) is 0.857. The number of nitrogens with zero attached hydrogens (tertiary/aromatic N) is 6. The van der Waals surface area contributed by atoms with E-state index in [2.05, 4.69) is 66.5 Å². The average molecular weight is 521 g/mol. The van der Waals surface area contributed by atoms with Crippen molar-refractivity contribution in [2.24, 2.45) is 7.05 Å². The fraction of sp³-hybridized carbons (Fsp3) is 0.267. The van der Waals surface area contributed by atoms with Gasteiger partial charge in [0.25, 0.3) is 0 Å². The number of imidazole rings is 1. The number of hydrogen-bond donors (Lipinski definition) is 2. The Kier molecular flexibility index (Phi) is 6.81. The SMILES string of the molecule is Cc1nnc(N2CCN(CCc3nc4cc(NC(=O)Nc5ccccc5)ccc4n3C)CC2)c2ccccc12. The molecule has 9 nitrogen and oxygen atoms in total. The third-order valence-corrected chi connectivity index (χ3v) is 7.44. The normalized spacial score (nSPS) is 14.2. The van der Waals surface area contributed by atoms with E-state index in [9.17, 15) is 4.79 Å². The highest BCUT2D eigenvalue weighted by Crippen LogP contribution is 2.26. The molecule has 0 aliphatic carbocycles. The number of amides is 2. The Balaban J connectivity index is 1.07. The molecule has 0 bridgehead atoms.